The molecule has 0 aliphatic heterocycles. The maximum atomic E-state index is 13.3. The van der Waals surface area contributed by atoms with Crippen LogP contribution in [-0.2, 0) is 17.6 Å². The molecular weight excluding hydrogens is 383 g/mol. The Morgan fingerprint density at radius 2 is 1.73 bits per heavy atom. The number of rotatable bonds is 5. The molecule has 152 valence electrons. The molecule has 2 amide bonds. The van der Waals surface area contributed by atoms with Crippen molar-refractivity contribution >= 4 is 23.2 Å². The van der Waals surface area contributed by atoms with Gasteiger partial charge in [0.05, 0.1) is 5.69 Å². The van der Waals surface area contributed by atoms with E-state index < -0.39 is 0 Å². The largest absolute Gasteiger partial charge is 0.326 e. The van der Waals surface area contributed by atoms with Gasteiger partial charge in [0.25, 0.3) is 5.91 Å². The quantitative estimate of drug-likeness (QED) is 0.672. The number of fused-ring (bicyclic) bond motifs is 1. The zero-order valence-electron chi connectivity index (χ0n) is 16.3. The van der Waals surface area contributed by atoms with Crippen molar-refractivity contribution in [1.82, 2.24) is 9.78 Å². The molecule has 5 rings (SSSR count). The van der Waals surface area contributed by atoms with Gasteiger partial charge in [-0.25, -0.2) is 9.07 Å². The highest BCUT2D eigenvalue weighted by molar-refractivity contribution is 6.04. The summed E-state index contributed by atoms with van der Waals surface area (Å²) in [6.45, 7) is 0. The van der Waals surface area contributed by atoms with Gasteiger partial charge in [-0.15, -0.1) is 0 Å². The van der Waals surface area contributed by atoms with E-state index in [1.54, 1.807) is 41.1 Å². The van der Waals surface area contributed by atoms with Crippen LogP contribution in [0.15, 0.2) is 48.5 Å². The first-order valence-electron chi connectivity index (χ1n) is 10.2. The van der Waals surface area contributed by atoms with Gasteiger partial charge in [-0.1, -0.05) is 6.07 Å². The summed E-state index contributed by atoms with van der Waals surface area (Å²) in [4.78, 5) is 25.0. The molecule has 0 unspecified atom stereocenters. The normalized spacial score (nSPS) is 15.0. The molecule has 0 bridgehead atoms. The third kappa shape index (κ3) is 3.58. The van der Waals surface area contributed by atoms with E-state index in [4.69, 9.17) is 0 Å². The molecule has 30 heavy (non-hydrogen) atoms. The highest BCUT2D eigenvalue weighted by Crippen LogP contribution is 2.31. The first-order valence-corrected chi connectivity index (χ1v) is 10.2. The molecule has 1 saturated carbocycles. The number of hydrogen-bond donors (Lipinski definition) is 2. The van der Waals surface area contributed by atoms with Crippen LogP contribution in [0.1, 0.15) is 41.0 Å². The van der Waals surface area contributed by atoms with Crippen LogP contribution >= 0.6 is 0 Å². The summed E-state index contributed by atoms with van der Waals surface area (Å²) in [6.07, 6.45) is 4.44. The van der Waals surface area contributed by atoms with Gasteiger partial charge >= 0.3 is 0 Å². The molecule has 3 aromatic rings. The summed E-state index contributed by atoms with van der Waals surface area (Å²) < 4.78 is 15.0. The number of nitrogens with one attached hydrogen (secondary N) is 2. The molecule has 2 aliphatic carbocycles. The predicted octanol–water partition coefficient (Wildman–Crippen LogP) is 4.10. The Morgan fingerprint density at radius 1 is 1.00 bits per heavy atom. The van der Waals surface area contributed by atoms with Gasteiger partial charge in [-0.05, 0) is 74.6 Å². The van der Waals surface area contributed by atoms with E-state index >= 15 is 0 Å². The number of benzene rings is 2. The zero-order chi connectivity index (χ0) is 20.7. The Morgan fingerprint density at radius 3 is 2.47 bits per heavy atom. The molecule has 0 spiro atoms. The van der Waals surface area contributed by atoms with Crippen molar-refractivity contribution in [1.29, 1.82) is 0 Å². The first kappa shape index (κ1) is 18.5. The standard InChI is InChI=1S/C23H21FN4O2/c24-15-9-11-18(12-10-15)28-20-6-2-5-19(20)21(27-28)23(30)26-17-4-1-3-16(13-17)25-22(29)14-7-8-14/h1,3-4,9-14H,2,5-8H2,(H,25,29)(H,26,30). The average Bonchev–Trinajstić information content (AvgIpc) is 3.37. The fraction of sp³-hybridized carbons (Fsp3) is 0.261. The minimum Gasteiger partial charge on any atom is -0.326 e. The van der Waals surface area contributed by atoms with Crippen LogP contribution in [0, 0.1) is 11.7 Å². The molecule has 6 nitrogen and oxygen atoms in total. The van der Waals surface area contributed by atoms with Crippen LogP contribution in [0.3, 0.4) is 0 Å². The Hall–Kier alpha value is -3.48. The third-order valence-electron chi connectivity index (χ3n) is 5.55. The fourth-order valence-electron chi connectivity index (χ4n) is 3.87. The highest BCUT2D eigenvalue weighted by Gasteiger charge is 2.30. The molecular formula is C23H21FN4O2. The first-order chi connectivity index (χ1) is 14.6. The van der Waals surface area contributed by atoms with Crippen LogP contribution in [-0.4, -0.2) is 21.6 Å². The van der Waals surface area contributed by atoms with E-state index in [0.29, 0.717) is 17.1 Å². The van der Waals surface area contributed by atoms with E-state index in [9.17, 15) is 14.0 Å². The van der Waals surface area contributed by atoms with Crippen LogP contribution in [0.5, 0.6) is 0 Å². The van der Waals surface area contributed by atoms with Crippen LogP contribution in [0.25, 0.3) is 5.69 Å². The second kappa shape index (κ2) is 7.40. The Balaban J connectivity index is 1.38. The summed E-state index contributed by atoms with van der Waals surface area (Å²) in [5.41, 5.74) is 4.31. The summed E-state index contributed by atoms with van der Waals surface area (Å²) in [5.74, 6) is -0.468. The van der Waals surface area contributed by atoms with Crippen molar-refractivity contribution in [3.63, 3.8) is 0 Å². The topological polar surface area (TPSA) is 76.0 Å². The van der Waals surface area contributed by atoms with Gasteiger partial charge in [0.15, 0.2) is 5.69 Å². The van der Waals surface area contributed by atoms with Crippen LogP contribution in [0.2, 0.25) is 0 Å². The van der Waals surface area contributed by atoms with Crippen LogP contribution in [0.4, 0.5) is 15.8 Å². The SMILES string of the molecule is O=C(Nc1cccc(NC(=O)C2CC2)c1)c1nn(-c2ccc(F)cc2)c2c1CCC2. The van der Waals surface area contributed by atoms with Crippen molar-refractivity contribution in [2.75, 3.05) is 10.6 Å². The lowest BCUT2D eigenvalue weighted by Crippen LogP contribution is -2.16. The van der Waals surface area contributed by atoms with Gasteiger partial charge in [0.2, 0.25) is 5.91 Å². The summed E-state index contributed by atoms with van der Waals surface area (Å²) >= 11 is 0. The van der Waals surface area contributed by atoms with Gasteiger partial charge in [0, 0.05) is 28.6 Å². The number of halogens is 1. The lowest BCUT2D eigenvalue weighted by molar-refractivity contribution is -0.117. The molecule has 2 N–H and O–H groups in total. The molecule has 1 fully saturated rings. The van der Waals surface area contributed by atoms with Crippen molar-refractivity contribution < 1.29 is 14.0 Å². The Labute approximate surface area is 173 Å². The Kier molecular flexibility index (Phi) is 4.58. The van der Waals surface area contributed by atoms with Gasteiger partial charge in [-0.3, -0.25) is 9.59 Å². The number of nitrogens with zero attached hydrogens (tertiary/aromatic N) is 2. The summed E-state index contributed by atoms with van der Waals surface area (Å²) in [5, 5.41) is 10.3. The van der Waals surface area contributed by atoms with Crippen molar-refractivity contribution in [3.05, 3.63) is 71.3 Å². The number of anilines is 2. The highest BCUT2D eigenvalue weighted by atomic mass is 19.1. The number of amides is 2. The molecule has 0 radical (unpaired) electrons. The Bertz CT molecular complexity index is 1130. The van der Waals surface area contributed by atoms with E-state index in [-0.39, 0.29) is 23.5 Å². The number of aromatic nitrogens is 2. The molecule has 2 aliphatic rings. The molecule has 0 saturated heterocycles. The van der Waals surface area contributed by atoms with E-state index in [2.05, 4.69) is 15.7 Å². The summed E-state index contributed by atoms with van der Waals surface area (Å²) in [7, 11) is 0. The average molecular weight is 404 g/mol. The van der Waals surface area contributed by atoms with E-state index in [1.807, 2.05) is 0 Å². The number of carbonyl (C=O) groups is 2. The maximum Gasteiger partial charge on any atom is 0.276 e. The van der Waals surface area contributed by atoms with Gasteiger partial charge in [-0.2, -0.15) is 5.10 Å². The monoisotopic (exact) mass is 404 g/mol. The van der Waals surface area contributed by atoms with Gasteiger partial charge in [0.1, 0.15) is 5.82 Å². The van der Waals surface area contributed by atoms with Crippen LogP contribution < -0.4 is 10.6 Å². The maximum absolute atomic E-state index is 13.3. The predicted molar refractivity (Wildman–Crippen MR) is 111 cm³/mol. The van der Waals surface area contributed by atoms with E-state index in [1.165, 1.54) is 12.1 Å². The molecule has 2 aromatic carbocycles. The van der Waals surface area contributed by atoms with Crippen molar-refractivity contribution in [2.24, 2.45) is 5.92 Å². The lowest BCUT2D eigenvalue weighted by Gasteiger charge is -2.08. The minimum absolute atomic E-state index is 0.0225. The van der Waals surface area contributed by atoms with Crippen molar-refractivity contribution in [3.8, 4) is 5.69 Å². The minimum atomic E-state index is -0.311. The lowest BCUT2D eigenvalue weighted by atomic mass is 10.2. The zero-order valence-corrected chi connectivity index (χ0v) is 16.3. The molecule has 0 atom stereocenters. The molecule has 1 heterocycles. The van der Waals surface area contributed by atoms with Crippen molar-refractivity contribution in [2.45, 2.75) is 32.1 Å². The molecule has 1 aromatic heterocycles. The third-order valence-corrected chi connectivity index (χ3v) is 5.55. The van der Waals surface area contributed by atoms with Gasteiger partial charge < -0.3 is 10.6 Å². The summed E-state index contributed by atoms with van der Waals surface area (Å²) in [6, 6.07) is 13.2. The number of hydrogen-bond acceptors (Lipinski definition) is 3. The number of carbonyl (C=O) groups excluding carboxylic acids is 2. The second-order valence-electron chi connectivity index (χ2n) is 7.81. The second-order valence-corrected chi connectivity index (χ2v) is 7.81. The molecule has 7 heteroatoms. The van der Waals surface area contributed by atoms with E-state index in [0.717, 1.165) is 49.0 Å². The fourth-order valence-corrected chi connectivity index (χ4v) is 3.87. The smallest absolute Gasteiger partial charge is 0.276 e.